The number of hydrogen-bond donors (Lipinski definition) is 0. The number of ether oxygens (including phenoxy) is 1. The van der Waals surface area contributed by atoms with Crippen LogP contribution in [-0.4, -0.2) is 24.9 Å². The van der Waals surface area contributed by atoms with Crippen molar-refractivity contribution in [1.29, 1.82) is 0 Å². The lowest BCUT2D eigenvalue weighted by atomic mass is 9.67. The Hall–Kier alpha value is -7.42. The van der Waals surface area contributed by atoms with Crippen LogP contribution in [-0.2, 0) is 5.41 Å². The van der Waals surface area contributed by atoms with Gasteiger partial charge in [-0.3, -0.25) is 15.0 Å². The van der Waals surface area contributed by atoms with E-state index in [9.17, 15) is 0 Å². The molecule has 0 radical (unpaired) electrons. The Balaban J connectivity index is 1.09. The first-order valence-electron chi connectivity index (χ1n) is 19.1. The average Bonchev–Trinajstić information content (AvgIpc) is 3.59. The molecule has 7 nitrogen and oxygen atoms in total. The summed E-state index contributed by atoms with van der Waals surface area (Å²) in [7, 11) is 0. The number of nitrogens with zero attached hydrogens (tertiary/aromatic N) is 6. The van der Waals surface area contributed by atoms with Gasteiger partial charge in [-0.05, 0) is 107 Å². The molecule has 0 saturated carbocycles. The van der Waals surface area contributed by atoms with Gasteiger partial charge in [0.1, 0.15) is 0 Å². The van der Waals surface area contributed by atoms with E-state index in [2.05, 4.69) is 130 Å². The molecule has 0 amide bonds. The Bertz CT molecular complexity index is 3030. The van der Waals surface area contributed by atoms with Crippen molar-refractivity contribution in [3.05, 3.63) is 205 Å². The van der Waals surface area contributed by atoms with Crippen LogP contribution in [0.15, 0.2) is 192 Å². The van der Waals surface area contributed by atoms with Crippen LogP contribution in [0.4, 0.5) is 17.1 Å². The van der Waals surface area contributed by atoms with E-state index in [1.54, 1.807) is 36.5 Å². The van der Waals surface area contributed by atoms with E-state index >= 15 is 0 Å². The molecule has 0 N–H and O–H groups in total. The van der Waals surface area contributed by atoms with Crippen molar-refractivity contribution in [3.8, 4) is 56.7 Å². The van der Waals surface area contributed by atoms with Gasteiger partial charge in [0, 0.05) is 58.3 Å². The Morgan fingerprint density at radius 1 is 0.483 bits per heavy atom. The monoisotopic (exact) mass is 762 g/mol. The quantitative estimate of drug-likeness (QED) is 0.175. The highest BCUT2D eigenvalue weighted by atomic mass is 32.2. The Morgan fingerprint density at radius 2 is 1.16 bits per heavy atom. The molecule has 0 fully saturated rings. The van der Waals surface area contributed by atoms with E-state index in [-0.39, 0.29) is 0 Å². The Labute approximate surface area is 338 Å². The van der Waals surface area contributed by atoms with E-state index in [1.165, 1.54) is 10.5 Å². The summed E-state index contributed by atoms with van der Waals surface area (Å²) in [6.45, 7) is 0. The number of rotatable bonds is 4. The molecule has 3 aliphatic rings. The van der Waals surface area contributed by atoms with Gasteiger partial charge in [-0.2, -0.15) is 0 Å². The summed E-state index contributed by atoms with van der Waals surface area (Å²) in [5, 5.41) is 0. The number of fused-ring (bicyclic) bond motifs is 12. The van der Waals surface area contributed by atoms with Crippen molar-refractivity contribution in [1.82, 2.24) is 24.9 Å². The fraction of sp³-hybridized carbons (Fsp3) is 0.0200. The molecule has 4 aromatic carbocycles. The number of benzene rings is 4. The highest BCUT2D eigenvalue weighted by Crippen LogP contribution is 2.65. The molecule has 12 rings (SSSR count). The van der Waals surface area contributed by atoms with E-state index < -0.39 is 5.41 Å². The average molecular weight is 763 g/mol. The maximum Gasteiger partial charge on any atom is 0.165 e. The smallest absolute Gasteiger partial charge is 0.165 e. The van der Waals surface area contributed by atoms with Gasteiger partial charge in [-0.25, -0.2) is 9.97 Å². The molecule has 1 spiro atoms. The maximum absolute atomic E-state index is 6.99. The molecule has 0 saturated heterocycles. The van der Waals surface area contributed by atoms with Gasteiger partial charge in [0.05, 0.1) is 50.2 Å². The van der Waals surface area contributed by atoms with Crippen LogP contribution in [0.3, 0.4) is 0 Å². The van der Waals surface area contributed by atoms with Gasteiger partial charge in [0.2, 0.25) is 0 Å². The highest BCUT2D eigenvalue weighted by Gasteiger charge is 2.53. The number of para-hydroxylation sites is 3. The van der Waals surface area contributed by atoms with Crippen molar-refractivity contribution in [2.75, 3.05) is 4.90 Å². The second-order valence-electron chi connectivity index (χ2n) is 14.5. The van der Waals surface area contributed by atoms with Crippen LogP contribution in [0.25, 0.3) is 45.2 Å². The standard InChI is InChI=1S/C50H30N6OS/c1-2-9-34(10-3-1)56-42-13-5-6-14-44(42)57-48-43(56)19-17-38-49(48)58-45-15-7-4-11-35(45)50(38)36-12-8-24-53-46(36)47-37(50)16-18-39(55-47)33-29-40(31-20-25-51-26-21-31)54-41(30-33)32-22-27-52-28-23-32/h1-30H. The van der Waals surface area contributed by atoms with E-state index in [1.807, 2.05) is 42.6 Å². The number of anilines is 3. The number of pyridine rings is 5. The maximum atomic E-state index is 6.99. The molecule has 2 aliphatic heterocycles. The van der Waals surface area contributed by atoms with Crippen LogP contribution < -0.4 is 9.64 Å². The fourth-order valence-corrected chi connectivity index (χ4v) is 10.2. The van der Waals surface area contributed by atoms with Crippen LogP contribution in [0.1, 0.15) is 22.3 Å². The largest absolute Gasteiger partial charge is 0.452 e. The first-order chi connectivity index (χ1) is 28.8. The minimum absolute atomic E-state index is 0.697. The van der Waals surface area contributed by atoms with Gasteiger partial charge in [0.25, 0.3) is 0 Å². The molecular formula is C50H30N6OS. The summed E-state index contributed by atoms with van der Waals surface area (Å²) in [5.41, 5.74) is 14.1. The third-order valence-corrected chi connectivity index (χ3v) is 12.6. The molecule has 1 unspecified atom stereocenters. The first kappa shape index (κ1) is 32.8. The van der Waals surface area contributed by atoms with E-state index in [0.717, 1.165) is 95.3 Å². The van der Waals surface area contributed by atoms with Crippen LogP contribution >= 0.6 is 11.8 Å². The molecule has 1 aliphatic carbocycles. The van der Waals surface area contributed by atoms with Crippen LogP contribution in [0, 0.1) is 0 Å². The second-order valence-corrected chi connectivity index (χ2v) is 15.5. The van der Waals surface area contributed by atoms with Crippen molar-refractivity contribution >= 4 is 28.8 Å². The number of hydrogen-bond acceptors (Lipinski definition) is 8. The van der Waals surface area contributed by atoms with Crippen molar-refractivity contribution in [2.24, 2.45) is 0 Å². The zero-order valence-electron chi connectivity index (χ0n) is 30.8. The van der Waals surface area contributed by atoms with E-state index in [4.69, 9.17) is 19.7 Å². The van der Waals surface area contributed by atoms with Gasteiger partial charge in [0.15, 0.2) is 11.5 Å². The van der Waals surface area contributed by atoms with Crippen LogP contribution in [0.5, 0.6) is 11.5 Å². The van der Waals surface area contributed by atoms with Crippen molar-refractivity contribution in [3.63, 3.8) is 0 Å². The van der Waals surface area contributed by atoms with Crippen molar-refractivity contribution in [2.45, 2.75) is 15.2 Å². The van der Waals surface area contributed by atoms with E-state index in [0.29, 0.717) is 0 Å². The zero-order valence-corrected chi connectivity index (χ0v) is 31.6. The predicted octanol–water partition coefficient (Wildman–Crippen LogP) is 12.1. The predicted molar refractivity (Wildman–Crippen MR) is 228 cm³/mol. The first-order valence-corrected chi connectivity index (χ1v) is 19.9. The SMILES string of the molecule is c1ccc(N2c3ccccc3Oc3c2ccc2c3Sc3ccccc3C23c2cccnc2-c2nc(-c4cc(-c5ccncc5)nc(-c5ccncc5)c4)ccc23)cc1. The summed E-state index contributed by atoms with van der Waals surface area (Å²) in [6.07, 6.45) is 9.06. The Morgan fingerprint density at radius 3 is 1.95 bits per heavy atom. The van der Waals surface area contributed by atoms with Gasteiger partial charge >= 0.3 is 0 Å². The molecule has 58 heavy (non-hydrogen) atoms. The second kappa shape index (κ2) is 12.8. The molecule has 1 atom stereocenters. The zero-order chi connectivity index (χ0) is 38.2. The highest BCUT2D eigenvalue weighted by molar-refractivity contribution is 7.99. The van der Waals surface area contributed by atoms with Gasteiger partial charge < -0.3 is 9.64 Å². The van der Waals surface area contributed by atoms with Crippen molar-refractivity contribution < 1.29 is 4.74 Å². The minimum atomic E-state index is -0.697. The lowest BCUT2D eigenvalue weighted by molar-refractivity contribution is 0.461. The molecule has 7 heterocycles. The summed E-state index contributed by atoms with van der Waals surface area (Å²) >= 11 is 1.77. The topological polar surface area (TPSA) is 76.9 Å². The van der Waals surface area contributed by atoms with Gasteiger partial charge in [-0.1, -0.05) is 78.5 Å². The summed E-state index contributed by atoms with van der Waals surface area (Å²) in [4.78, 5) is 28.8. The lowest BCUT2D eigenvalue weighted by Gasteiger charge is -2.41. The molecular weight excluding hydrogens is 733 g/mol. The summed E-state index contributed by atoms with van der Waals surface area (Å²) < 4.78 is 6.99. The third-order valence-electron chi connectivity index (χ3n) is 11.4. The fourth-order valence-electron chi connectivity index (χ4n) is 8.91. The molecule has 9 aromatic rings. The Kier molecular flexibility index (Phi) is 7.24. The molecule has 5 aromatic heterocycles. The third kappa shape index (κ3) is 4.79. The van der Waals surface area contributed by atoms with Crippen LogP contribution in [0.2, 0.25) is 0 Å². The molecule has 0 bridgehead atoms. The summed E-state index contributed by atoms with van der Waals surface area (Å²) in [5.74, 6) is 1.65. The minimum Gasteiger partial charge on any atom is -0.452 e. The van der Waals surface area contributed by atoms with Gasteiger partial charge in [-0.15, -0.1) is 0 Å². The normalized spacial score (nSPS) is 15.3. The molecule has 8 heteroatoms. The lowest BCUT2D eigenvalue weighted by Crippen LogP contribution is -2.32. The number of aromatic nitrogens is 5. The molecule has 272 valence electrons. The summed E-state index contributed by atoms with van der Waals surface area (Å²) in [6, 6.07) is 52.9.